The van der Waals surface area contributed by atoms with Gasteiger partial charge in [0.2, 0.25) is 0 Å². The molecule has 0 N–H and O–H groups in total. The zero-order valence-corrected chi connectivity index (χ0v) is 17.1. The number of halogens is 3. The van der Waals surface area contributed by atoms with Gasteiger partial charge in [-0.3, -0.25) is 9.69 Å². The summed E-state index contributed by atoms with van der Waals surface area (Å²) in [5.41, 5.74) is -0.0429. The summed E-state index contributed by atoms with van der Waals surface area (Å²) in [7, 11) is 1.51. The summed E-state index contributed by atoms with van der Waals surface area (Å²) in [4.78, 5) is 16.4. The van der Waals surface area contributed by atoms with Gasteiger partial charge in [0.25, 0.3) is 0 Å². The van der Waals surface area contributed by atoms with Gasteiger partial charge in [0.1, 0.15) is 22.5 Å². The minimum absolute atomic E-state index is 0.151. The van der Waals surface area contributed by atoms with E-state index in [0.717, 1.165) is 6.07 Å². The number of anilines is 1. The highest BCUT2D eigenvalue weighted by Crippen LogP contribution is 2.36. The highest BCUT2D eigenvalue weighted by molar-refractivity contribution is 5.83. The number of hydrogen-bond acceptors (Lipinski definition) is 5. The summed E-state index contributed by atoms with van der Waals surface area (Å²) in [5.74, 6) is 1.06. The van der Waals surface area contributed by atoms with E-state index in [1.54, 1.807) is 29.2 Å². The van der Waals surface area contributed by atoms with E-state index < -0.39 is 11.7 Å². The Morgan fingerprint density at radius 2 is 1.77 bits per heavy atom. The standard InChI is InChI=1S/C23H23F3N2O3/c1-30-20-7-4-8-21-22(20)19(29)15-16(31-21)9-10-27-11-13-28(14-12-27)18-6-3-2-5-17(18)23(24,25)26/h2-8,15H,9-14H2,1H3. The Hall–Kier alpha value is -3.00. The maximum Gasteiger partial charge on any atom is 0.418 e. The lowest BCUT2D eigenvalue weighted by molar-refractivity contribution is -0.137. The molecule has 5 nitrogen and oxygen atoms in total. The maximum absolute atomic E-state index is 13.3. The summed E-state index contributed by atoms with van der Waals surface area (Å²) >= 11 is 0. The molecule has 0 atom stereocenters. The number of methoxy groups -OCH3 is 1. The third-order valence-electron chi connectivity index (χ3n) is 5.58. The van der Waals surface area contributed by atoms with Gasteiger partial charge < -0.3 is 14.1 Å². The lowest BCUT2D eigenvalue weighted by Crippen LogP contribution is -2.47. The highest BCUT2D eigenvalue weighted by atomic mass is 19.4. The molecular weight excluding hydrogens is 409 g/mol. The highest BCUT2D eigenvalue weighted by Gasteiger charge is 2.35. The number of hydrogen-bond donors (Lipinski definition) is 0. The summed E-state index contributed by atoms with van der Waals surface area (Å²) < 4.78 is 51.0. The van der Waals surface area contributed by atoms with E-state index in [-0.39, 0.29) is 11.1 Å². The maximum atomic E-state index is 13.3. The van der Waals surface area contributed by atoms with Gasteiger partial charge in [0, 0.05) is 50.9 Å². The number of benzene rings is 2. The third-order valence-corrected chi connectivity index (χ3v) is 5.58. The second-order valence-electron chi connectivity index (χ2n) is 7.50. The van der Waals surface area contributed by atoms with Crippen LogP contribution in [0.25, 0.3) is 11.0 Å². The van der Waals surface area contributed by atoms with E-state index in [4.69, 9.17) is 9.15 Å². The Balaban J connectivity index is 1.40. The first-order valence-corrected chi connectivity index (χ1v) is 10.1. The molecule has 4 rings (SSSR count). The van der Waals surface area contributed by atoms with Crippen molar-refractivity contribution >= 4 is 16.7 Å². The summed E-state index contributed by atoms with van der Waals surface area (Å²) in [6, 6.07) is 12.4. The van der Waals surface area contributed by atoms with E-state index in [9.17, 15) is 18.0 Å². The molecule has 8 heteroatoms. The first-order valence-electron chi connectivity index (χ1n) is 10.1. The second-order valence-corrected chi connectivity index (χ2v) is 7.50. The van der Waals surface area contributed by atoms with Crippen molar-refractivity contribution < 1.29 is 22.3 Å². The monoisotopic (exact) mass is 432 g/mol. The van der Waals surface area contributed by atoms with Crippen molar-refractivity contribution in [2.75, 3.05) is 44.7 Å². The van der Waals surface area contributed by atoms with Crippen LogP contribution in [0.15, 0.2) is 57.7 Å². The lowest BCUT2D eigenvalue weighted by Gasteiger charge is -2.37. The molecule has 1 saturated heterocycles. The molecule has 0 amide bonds. The van der Waals surface area contributed by atoms with E-state index >= 15 is 0 Å². The molecule has 0 radical (unpaired) electrons. The molecule has 0 saturated carbocycles. The Kier molecular flexibility index (Phi) is 5.91. The molecule has 1 fully saturated rings. The van der Waals surface area contributed by atoms with Crippen LogP contribution in [0.2, 0.25) is 0 Å². The number of nitrogens with zero attached hydrogens (tertiary/aromatic N) is 2. The molecule has 0 unspecified atom stereocenters. The molecular formula is C23H23F3N2O3. The van der Waals surface area contributed by atoms with Crippen molar-refractivity contribution in [3.05, 3.63) is 70.1 Å². The van der Waals surface area contributed by atoms with Crippen LogP contribution in [-0.2, 0) is 12.6 Å². The second kappa shape index (κ2) is 8.63. The van der Waals surface area contributed by atoms with Gasteiger partial charge in [-0.1, -0.05) is 18.2 Å². The van der Waals surface area contributed by atoms with Crippen molar-refractivity contribution in [2.24, 2.45) is 0 Å². The smallest absolute Gasteiger partial charge is 0.418 e. The predicted octanol–water partition coefficient (Wildman–Crippen LogP) is 4.19. The normalized spacial score (nSPS) is 15.4. The SMILES string of the molecule is COc1cccc2oc(CCN3CCN(c4ccccc4C(F)(F)F)CC3)cc(=O)c12. The quantitative estimate of drug-likeness (QED) is 0.605. The van der Waals surface area contributed by atoms with Gasteiger partial charge in [0.05, 0.1) is 12.7 Å². The van der Waals surface area contributed by atoms with Crippen LogP contribution in [-0.4, -0.2) is 44.7 Å². The van der Waals surface area contributed by atoms with E-state index in [1.165, 1.54) is 25.3 Å². The Bertz CT molecular complexity index is 1120. The molecule has 1 aromatic heterocycles. The summed E-state index contributed by atoms with van der Waals surface area (Å²) in [6.45, 7) is 2.95. The van der Waals surface area contributed by atoms with Crippen LogP contribution in [0, 0.1) is 0 Å². The predicted molar refractivity (Wildman–Crippen MR) is 113 cm³/mol. The van der Waals surface area contributed by atoms with Crippen molar-refractivity contribution in [2.45, 2.75) is 12.6 Å². The van der Waals surface area contributed by atoms with Crippen molar-refractivity contribution in [3.63, 3.8) is 0 Å². The van der Waals surface area contributed by atoms with Gasteiger partial charge in [-0.2, -0.15) is 13.2 Å². The van der Waals surface area contributed by atoms with Gasteiger partial charge >= 0.3 is 6.18 Å². The third kappa shape index (κ3) is 4.54. The fourth-order valence-corrected chi connectivity index (χ4v) is 3.99. The molecule has 31 heavy (non-hydrogen) atoms. The van der Waals surface area contributed by atoms with Gasteiger partial charge in [0.15, 0.2) is 5.43 Å². The molecule has 1 aliphatic rings. The molecule has 0 bridgehead atoms. The zero-order chi connectivity index (χ0) is 22.0. The fraction of sp³-hybridized carbons (Fsp3) is 0.348. The summed E-state index contributed by atoms with van der Waals surface area (Å²) in [6.07, 6.45) is -3.83. The minimum atomic E-state index is -4.37. The van der Waals surface area contributed by atoms with Crippen LogP contribution in [0.5, 0.6) is 5.75 Å². The van der Waals surface area contributed by atoms with Crippen molar-refractivity contribution in [3.8, 4) is 5.75 Å². The zero-order valence-electron chi connectivity index (χ0n) is 17.1. The van der Waals surface area contributed by atoms with Crippen LogP contribution in [0.1, 0.15) is 11.3 Å². The lowest BCUT2D eigenvalue weighted by atomic mass is 10.1. The van der Waals surface area contributed by atoms with E-state index in [1.807, 2.05) is 0 Å². The summed E-state index contributed by atoms with van der Waals surface area (Å²) in [5, 5.41) is 0.422. The Labute approximate surface area is 177 Å². The Morgan fingerprint density at radius 3 is 2.48 bits per heavy atom. The molecule has 1 aliphatic heterocycles. The molecule has 0 aliphatic carbocycles. The van der Waals surface area contributed by atoms with Gasteiger partial charge in [-0.15, -0.1) is 0 Å². The largest absolute Gasteiger partial charge is 0.496 e. The first-order chi connectivity index (χ1) is 14.9. The molecule has 0 spiro atoms. The van der Waals surface area contributed by atoms with Crippen LogP contribution >= 0.6 is 0 Å². The molecule has 3 aromatic rings. The van der Waals surface area contributed by atoms with Gasteiger partial charge in [-0.05, 0) is 24.3 Å². The van der Waals surface area contributed by atoms with E-state index in [0.29, 0.717) is 61.6 Å². The average molecular weight is 432 g/mol. The minimum Gasteiger partial charge on any atom is -0.496 e. The topological polar surface area (TPSA) is 45.9 Å². The number of alkyl halides is 3. The van der Waals surface area contributed by atoms with Crippen LogP contribution in [0.3, 0.4) is 0 Å². The number of fused-ring (bicyclic) bond motifs is 1. The number of ether oxygens (including phenoxy) is 1. The van der Waals surface area contributed by atoms with Crippen molar-refractivity contribution in [1.29, 1.82) is 0 Å². The Morgan fingerprint density at radius 1 is 1.03 bits per heavy atom. The molecule has 164 valence electrons. The van der Waals surface area contributed by atoms with Crippen molar-refractivity contribution in [1.82, 2.24) is 4.90 Å². The van der Waals surface area contributed by atoms with E-state index in [2.05, 4.69) is 4.90 Å². The molecule has 2 heterocycles. The fourth-order valence-electron chi connectivity index (χ4n) is 3.99. The van der Waals surface area contributed by atoms with Crippen LogP contribution in [0.4, 0.5) is 18.9 Å². The number of para-hydroxylation sites is 1. The first kappa shape index (κ1) is 21.2. The van der Waals surface area contributed by atoms with Crippen LogP contribution < -0.4 is 15.1 Å². The van der Waals surface area contributed by atoms with Gasteiger partial charge in [-0.25, -0.2) is 0 Å². The molecule has 2 aromatic carbocycles. The number of rotatable bonds is 5. The number of piperazine rings is 1. The average Bonchev–Trinajstić information content (AvgIpc) is 2.77.